The first-order chi connectivity index (χ1) is 19.3. The molecule has 2 aromatic carbocycles. The van der Waals surface area contributed by atoms with Crippen LogP contribution in [0.4, 0.5) is 17.3 Å². The lowest BCUT2D eigenvalue weighted by Gasteiger charge is -2.30. The smallest absolute Gasteiger partial charge is 0.248 e. The van der Waals surface area contributed by atoms with Crippen molar-refractivity contribution < 1.29 is 28.6 Å². The third-order valence-electron chi connectivity index (χ3n) is 6.16. The van der Waals surface area contributed by atoms with Gasteiger partial charge in [-0.05, 0) is 36.1 Å². The van der Waals surface area contributed by atoms with Crippen LogP contribution in [0.25, 0.3) is 22.3 Å². The summed E-state index contributed by atoms with van der Waals surface area (Å²) < 4.78 is 16.2. The van der Waals surface area contributed by atoms with E-state index in [0.717, 1.165) is 22.2 Å². The predicted octanol–water partition coefficient (Wildman–Crippen LogP) is 3.43. The Morgan fingerprint density at radius 1 is 1.20 bits per heavy atom. The Balaban J connectivity index is 1.46. The lowest BCUT2D eigenvalue weighted by Crippen LogP contribution is -2.36. The van der Waals surface area contributed by atoms with Crippen molar-refractivity contribution in [1.29, 1.82) is 0 Å². The molecular formula is C27H29N6O6P. The fraction of sp³-hybridized carbons (Fsp3) is 0.222. The van der Waals surface area contributed by atoms with Gasteiger partial charge < -0.3 is 29.5 Å². The second kappa shape index (κ2) is 12.0. The van der Waals surface area contributed by atoms with E-state index in [9.17, 15) is 14.6 Å². The molecule has 5 rings (SSSR count). The zero-order valence-corrected chi connectivity index (χ0v) is 22.5. The molecule has 0 atom stereocenters. The molecule has 1 aliphatic rings. The Hall–Kier alpha value is -4.06. The van der Waals surface area contributed by atoms with Crippen LogP contribution in [0.5, 0.6) is 5.75 Å². The van der Waals surface area contributed by atoms with E-state index in [0.29, 0.717) is 55.0 Å². The maximum atomic E-state index is 11.9. The van der Waals surface area contributed by atoms with E-state index >= 15 is 0 Å². The first-order valence-electron chi connectivity index (χ1n) is 12.4. The van der Waals surface area contributed by atoms with Crippen molar-refractivity contribution in [2.45, 2.75) is 6.42 Å². The molecule has 1 aliphatic heterocycles. The van der Waals surface area contributed by atoms with Gasteiger partial charge in [-0.3, -0.25) is 14.4 Å². The van der Waals surface area contributed by atoms with Crippen molar-refractivity contribution in [3.8, 4) is 17.0 Å². The zero-order valence-electron chi connectivity index (χ0n) is 21.6. The zero-order chi connectivity index (χ0) is 28.1. The van der Waals surface area contributed by atoms with Crippen LogP contribution in [0.1, 0.15) is 5.56 Å². The van der Waals surface area contributed by atoms with Gasteiger partial charge in [0.2, 0.25) is 13.5 Å². The Morgan fingerprint density at radius 2 is 2.02 bits per heavy atom. The van der Waals surface area contributed by atoms with Crippen LogP contribution in [0.2, 0.25) is 0 Å². The van der Waals surface area contributed by atoms with Gasteiger partial charge >= 0.3 is 0 Å². The van der Waals surface area contributed by atoms with Crippen LogP contribution < -0.4 is 15.0 Å². The van der Waals surface area contributed by atoms with Crippen molar-refractivity contribution in [3.05, 3.63) is 66.9 Å². The first-order valence-corrected chi connectivity index (χ1v) is 14.2. The maximum absolute atomic E-state index is 11.9. The van der Waals surface area contributed by atoms with Gasteiger partial charge in [-0.15, -0.1) is 0 Å². The number of anilines is 3. The van der Waals surface area contributed by atoms with Gasteiger partial charge in [-0.2, -0.15) is 10.1 Å². The molecule has 13 heteroatoms. The number of hydrogen-bond acceptors (Lipinski definition) is 11. The van der Waals surface area contributed by atoms with Gasteiger partial charge in [0.15, 0.2) is 18.2 Å². The second-order valence-electron chi connectivity index (χ2n) is 9.04. The largest absolute Gasteiger partial charge is 0.465 e. The van der Waals surface area contributed by atoms with E-state index in [1.54, 1.807) is 12.3 Å². The summed E-state index contributed by atoms with van der Waals surface area (Å²) >= 11 is 0. The number of aromatic nitrogens is 4. The van der Waals surface area contributed by atoms with Crippen LogP contribution in [-0.4, -0.2) is 75.1 Å². The number of carbonyl (C=O) groups excluding carboxylic acids is 1. The molecule has 1 fully saturated rings. The maximum Gasteiger partial charge on any atom is 0.248 e. The minimum absolute atomic E-state index is 0.0691. The third kappa shape index (κ3) is 6.74. The minimum atomic E-state index is -3.71. The number of ether oxygens (including phenoxy) is 2. The van der Waals surface area contributed by atoms with Gasteiger partial charge in [-0.1, -0.05) is 24.8 Å². The molecule has 0 bridgehead atoms. The molecule has 0 spiro atoms. The molecule has 3 heterocycles. The number of morpholine rings is 1. The number of ketones is 1. The number of carbonyl (C=O) groups is 1. The van der Waals surface area contributed by atoms with E-state index in [4.69, 9.17) is 19.0 Å². The van der Waals surface area contributed by atoms with Gasteiger partial charge in [0.05, 0.1) is 36.2 Å². The molecule has 0 radical (unpaired) electrons. The predicted molar refractivity (Wildman–Crippen MR) is 154 cm³/mol. The lowest BCUT2D eigenvalue weighted by molar-refractivity contribution is -0.114. The van der Waals surface area contributed by atoms with Crippen LogP contribution >= 0.6 is 7.57 Å². The number of nitrogens with one attached hydrogen (secondary N) is 2. The summed E-state index contributed by atoms with van der Waals surface area (Å²) in [7, 11) is -3.71. The van der Waals surface area contributed by atoms with Crippen LogP contribution in [-0.2, 0) is 20.5 Å². The normalized spacial score (nSPS) is 13.8. The fourth-order valence-electron chi connectivity index (χ4n) is 4.29. The number of allylic oxidation sites excluding steroid dienone is 1. The molecule has 208 valence electrons. The second-order valence-corrected chi connectivity index (χ2v) is 10.6. The molecule has 4 aromatic rings. The van der Waals surface area contributed by atoms with Crippen molar-refractivity contribution >= 4 is 48.0 Å². The molecular weight excluding hydrogens is 535 g/mol. The molecule has 2 aromatic heterocycles. The number of nitrogens with zero attached hydrogens (tertiary/aromatic N) is 4. The molecule has 0 amide bonds. The summed E-state index contributed by atoms with van der Waals surface area (Å²) in [6.45, 7) is 5.68. The summed E-state index contributed by atoms with van der Waals surface area (Å²) in [4.78, 5) is 42.3. The van der Waals surface area contributed by atoms with E-state index < -0.39 is 14.4 Å². The van der Waals surface area contributed by atoms with E-state index in [1.165, 1.54) is 6.08 Å². The van der Waals surface area contributed by atoms with Crippen LogP contribution in [0, 0.1) is 0 Å². The quantitative estimate of drug-likeness (QED) is 0.120. The third-order valence-corrected chi connectivity index (χ3v) is 6.68. The average Bonchev–Trinajstić information content (AvgIpc) is 3.41. The van der Waals surface area contributed by atoms with Gasteiger partial charge in [0, 0.05) is 36.8 Å². The Morgan fingerprint density at radius 3 is 2.80 bits per heavy atom. The molecule has 12 nitrogen and oxygen atoms in total. The molecule has 0 unspecified atom stereocenters. The highest BCUT2D eigenvalue weighted by molar-refractivity contribution is 7.57. The minimum Gasteiger partial charge on any atom is -0.465 e. The Kier molecular flexibility index (Phi) is 8.24. The number of hydrogen-bond donors (Lipinski definition) is 4. The summed E-state index contributed by atoms with van der Waals surface area (Å²) in [6, 6.07) is 13.1. The summed E-state index contributed by atoms with van der Waals surface area (Å²) in [6.07, 6.45) is 6.42. The SMILES string of the molecule is C=CC(=O)Cc1cccc(-c2nc(Nc3ccc(N4CCOCC4)c(OCOP(=C)(O)O)c3)nc3[nH]ncc23)c1. The van der Waals surface area contributed by atoms with Crippen molar-refractivity contribution in [1.82, 2.24) is 20.2 Å². The van der Waals surface area contributed by atoms with Gasteiger partial charge in [0.1, 0.15) is 5.75 Å². The monoisotopic (exact) mass is 564 g/mol. The average molecular weight is 565 g/mol. The standard InChI is InChI=1S/C27H29N6O6P/c1-3-21(34)14-18-5-4-6-19(13-18)25-22-16-28-32-26(22)31-27(30-25)29-20-7-8-23(33-9-11-37-12-10-33)24(15-20)38-17-39-40(2,35)36/h3-8,13,15-16,35-36H,1-2,9-12,14,17H2,(H2,28,29,30,31,32). The number of benzene rings is 2. The van der Waals surface area contributed by atoms with Crippen molar-refractivity contribution in [3.63, 3.8) is 0 Å². The van der Waals surface area contributed by atoms with E-state index in [1.807, 2.05) is 36.4 Å². The summed E-state index contributed by atoms with van der Waals surface area (Å²) in [5.74, 6) is 0.706. The van der Waals surface area contributed by atoms with Crippen molar-refractivity contribution in [2.75, 3.05) is 43.3 Å². The molecule has 40 heavy (non-hydrogen) atoms. The fourth-order valence-corrected chi connectivity index (χ4v) is 4.51. The van der Waals surface area contributed by atoms with E-state index in [-0.39, 0.29) is 12.2 Å². The first kappa shape index (κ1) is 27.5. The highest BCUT2D eigenvalue weighted by Crippen LogP contribution is 2.37. The molecule has 0 aliphatic carbocycles. The van der Waals surface area contributed by atoms with Gasteiger partial charge in [0.25, 0.3) is 0 Å². The number of fused-ring (bicyclic) bond motifs is 1. The number of rotatable bonds is 11. The summed E-state index contributed by atoms with van der Waals surface area (Å²) in [5, 5.41) is 11.0. The lowest BCUT2D eigenvalue weighted by atomic mass is 10.0. The van der Waals surface area contributed by atoms with Crippen LogP contribution in [0.3, 0.4) is 0 Å². The number of H-pyrrole nitrogens is 1. The number of aromatic amines is 1. The van der Waals surface area contributed by atoms with Crippen molar-refractivity contribution in [2.24, 2.45) is 0 Å². The van der Waals surface area contributed by atoms with E-state index in [2.05, 4.69) is 38.3 Å². The molecule has 4 N–H and O–H groups in total. The van der Waals surface area contributed by atoms with Crippen LogP contribution in [0.15, 0.2) is 61.3 Å². The summed E-state index contributed by atoms with van der Waals surface area (Å²) in [5.41, 5.74) is 4.27. The topological polar surface area (TPSA) is 155 Å². The molecule has 0 saturated carbocycles. The highest BCUT2D eigenvalue weighted by Gasteiger charge is 2.18. The highest BCUT2D eigenvalue weighted by atomic mass is 31.2. The van der Waals surface area contributed by atoms with Gasteiger partial charge in [-0.25, -0.2) is 4.98 Å². The molecule has 1 saturated heterocycles. The Bertz CT molecular complexity index is 1580. The Labute approximate surface area is 230 Å².